The summed E-state index contributed by atoms with van der Waals surface area (Å²) < 4.78 is 13.7. The highest BCUT2D eigenvalue weighted by Crippen LogP contribution is 2.30. The van der Waals surface area contributed by atoms with E-state index in [1.165, 1.54) is 17.4 Å². The molecule has 6 heteroatoms. The fourth-order valence-electron chi connectivity index (χ4n) is 2.64. The zero-order chi connectivity index (χ0) is 17.9. The fraction of sp³-hybridized carbons (Fsp3) is 0.0500. The lowest BCUT2D eigenvalue weighted by atomic mass is 10.1. The molecule has 1 amide bonds. The van der Waals surface area contributed by atoms with Gasteiger partial charge >= 0.3 is 0 Å². The van der Waals surface area contributed by atoms with Crippen LogP contribution in [0.25, 0.3) is 20.9 Å². The molecule has 0 fully saturated rings. The number of benzene rings is 2. The number of hydrogen-bond donors (Lipinski definition) is 1. The van der Waals surface area contributed by atoms with Crippen molar-refractivity contribution in [2.45, 2.75) is 6.42 Å². The van der Waals surface area contributed by atoms with E-state index in [0.29, 0.717) is 11.3 Å². The summed E-state index contributed by atoms with van der Waals surface area (Å²) in [5.41, 5.74) is 2.77. The molecule has 0 atom stereocenters. The molecule has 0 aliphatic rings. The van der Waals surface area contributed by atoms with E-state index in [2.05, 4.69) is 15.3 Å². The molecular formula is C20H14FN3OS. The number of nitrogens with zero attached hydrogens (tertiary/aromatic N) is 2. The molecule has 0 spiro atoms. The predicted octanol–water partition coefficient (Wildman–Crippen LogP) is 4.68. The normalized spacial score (nSPS) is 10.8. The zero-order valence-corrected chi connectivity index (χ0v) is 14.5. The third-order valence-corrected chi connectivity index (χ3v) is 4.90. The zero-order valence-electron chi connectivity index (χ0n) is 13.6. The minimum absolute atomic E-state index is 0.0119. The summed E-state index contributed by atoms with van der Waals surface area (Å²) in [4.78, 5) is 22.0. The van der Waals surface area contributed by atoms with E-state index in [1.807, 2.05) is 30.3 Å². The van der Waals surface area contributed by atoms with Crippen LogP contribution < -0.4 is 5.32 Å². The molecule has 0 aliphatic carbocycles. The van der Waals surface area contributed by atoms with Gasteiger partial charge in [-0.15, -0.1) is 0 Å². The minimum Gasteiger partial charge on any atom is -0.326 e. The Balaban J connectivity index is 1.54. The number of amides is 1. The topological polar surface area (TPSA) is 54.9 Å². The van der Waals surface area contributed by atoms with Crippen LogP contribution in [-0.4, -0.2) is 15.9 Å². The van der Waals surface area contributed by atoms with Gasteiger partial charge in [-0.05, 0) is 35.9 Å². The monoisotopic (exact) mass is 363 g/mol. The quantitative estimate of drug-likeness (QED) is 0.573. The molecule has 0 saturated carbocycles. The average molecular weight is 363 g/mol. The maximum atomic E-state index is 13.7. The molecule has 4 nitrogen and oxygen atoms in total. The van der Waals surface area contributed by atoms with E-state index >= 15 is 0 Å². The van der Waals surface area contributed by atoms with E-state index in [9.17, 15) is 9.18 Å². The van der Waals surface area contributed by atoms with E-state index in [-0.39, 0.29) is 18.1 Å². The molecule has 0 radical (unpaired) electrons. The Morgan fingerprint density at radius 3 is 2.81 bits per heavy atom. The van der Waals surface area contributed by atoms with E-state index in [4.69, 9.17) is 0 Å². The molecule has 4 aromatic rings. The summed E-state index contributed by atoms with van der Waals surface area (Å²) in [6, 6.07) is 17.5. The number of anilines is 1. The number of carbonyl (C=O) groups excluding carboxylic acids is 1. The third-order valence-electron chi connectivity index (χ3n) is 3.87. The molecule has 2 aromatic carbocycles. The highest BCUT2D eigenvalue weighted by molar-refractivity contribution is 7.21. The van der Waals surface area contributed by atoms with Crippen LogP contribution in [-0.2, 0) is 11.2 Å². The van der Waals surface area contributed by atoms with E-state index < -0.39 is 0 Å². The number of nitrogens with one attached hydrogen (secondary N) is 1. The Morgan fingerprint density at radius 1 is 1.08 bits per heavy atom. The maximum absolute atomic E-state index is 13.7. The van der Waals surface area contributed by atoms with Crippen molar-refractivity contribution in [3.8, 4) is 10.6 Å². The first kappa shape index (κ1) is 16.4. The standard InChI is InChI=1S/C20H14FN3OS/c21-16-8-2-1-5-13(16)12-18(25)23-15-7-3-6-14(11-15)19-24-17-9-4-10-22-20(17)26-19/h1-11H,12H2,(H,23,25). The van der Waals surface area contributed by atoms with Crippen LogP contribution in [0.1, 0.15) is 5.56 Å². The molecule has 1 N–H and O–H groups in total. The van der Waals surface area contributed by atoms with Gasteiger partial charge in [0.1, 0.15) is 21.2 Å². The van der Waals surface area contributed by atoms with Crippen LogP contribution >= 0.6 is 11.3 Å². The molecule has 2 aromatic heterocycles. The van der Waals surface area contributed by atoms with Gasteiger partial charge in [-0.25, -0.2) is 14.4 Å². The average Bonchev–Trinajstić information content (AvgIpc) is 3.08. The second-order valence-electron chi connectivity index (χ2n) is 5.74. The van der Waals surface area contributed by atoms with Gasteiger partial charge in [0.2, 0.25) is 5.91 Å². The van der Waals surface area contributed by atoms with E-state index in [0.717, 1.165) is 20.9 Å². The number of halogens is 1. The van der Waals surface area contributed by atoms with Gasteiger partial charge < -0.3 is 5.32 Å². The molecule has 0 saturated heterocycles. The lowest BCUT2D eigenvalue weighted by molar-refractivity contribution is -0.115. The number of thiazole rings is 1. The highest BCUT2D eigenvalue weighted by Gasteiger charge is 2.10. The molecule has 0 unspecified atom stereocenters. The van der Waals surface area contributed by atoms with Crippen LogP contribution in [0, 0.1) is 5.82 Å². The Morgan fingerprint density at radius 2 is 1.96 bits per heavy atom. The summed E-state index contributed by atoms with van der Waals surface area (Å²) in [5, 5.41) is 3.65. The molecule has 2 heterocycles. The van der Waals surface area contributed by atoms with Gasteiger partial charge in [0, 0.05) is 17.4 Å². The second-order valence-corrected chi connectivity index (χ2v) is 6.72. The molecule has 26 heavy (non-hydrogen) atoms. The largest absolute Gasteiger partial charge is 0.326 e. The SMILES string of the molecule is O=C(Cc1ccccc1F)Nc1cccc(-c2nc3cccnc3s2)c1. The molecule has 128 valence electrons. The van der Waals surface area contributed by atoms with Gasteiger partial charge in [0.25, 0.3) is 0 Å². The Kier molecular flexibility index (Phi) is 4.41. The Hall–Kier alpha value is -3.12. The smallest absolute Gasteiger partial charge is 0.228 e. The van der Waals surface area contributed by atoms with Gasteiger partial charge in [-0.2, -0.15) is 0 Å². The van der Waals surface area contributed by atoms with Crippen molar-refractivity contribution < 1.29 is 9.18 Å². The number of hydrogen-bond acceptors (Lipinski definition) is 4. The van der Waals surface area contributed by atoms with Crippen molar-refractivity contribution in [3.05, 3.63) is 78.2 Å². The number of fused-ring (bicyclic) bond motifs is 1. The summed E-state index contributed by atoms with van der Waals surface area (Å²) in [6.45, 7) is 0. The summed E-state index contributed by atoms with van der Waals surface area (Å²) >= 11 is 1.50. The van der Waals surface area contributed by atoms with Crippen LogP contribution in [0.15, 0.2) is 66.9 Å². The molecular weight excluding hydrogens is 349 g/mol. The van der Waals surface area contributed by atoms with Gasteiger partial charge in [0.15, 0.2) is 0 Å². The summed E-state index contributed by atoms with van der Waals surface area (Å²) in [5.74, 6) is -0.642. The van der Waals surface area contributed by atoms with Gasteiger partial charge in [-0.1, -0.05) is 41.7 Å². The van der Waals surface area contributed by atoms with E-state index in [1.54, 1.807) is 30.5 Å². The first-order valence-electron chi connectivity index (χ1n) is 8.04. The van der Waals surface area contributed by atoms with Crippen molar-refractivity contribution in [1.82, 2.24) is 9.97 Å². The maximum Gasteiger partial charge on any atom is 0.228 e. The fourth-order valence-corrected chi connectivity index (χ4v) is 3.55. The van der Waals surface area contributed by atoms with Crippen molar-refractivity contribution in [3.63, 3.8) is 0 Å². The first-order valence-corrected chi connectivity index (χ1v) is 8.86. The van der Waals surface area contributed by atoms with Crippen LogP contribution in [0.3, 0.4) is 0 Å². The predicted molar refractivity (Wildman–Crippen MR) is 102 cm³/mol. The number of carbonyl (C=O) groups is 1. The highest BCUT2D eigenvalue weighted by atomic mass is 32.1. The van der Waals surface area contributed by atoms with Gasteiger partial charge in [-0.3, -0.25) is 4.79 Å². The third kappa shape index (κ3) is 3.45. The Labute approximate surface area is 153 Å². The number of pyridine rings is 1. The van der Waals surface area contributed by atoms with Crippen molar-refractivity contribution in [2.24, 2.45) is 0 Å². The second kappa shape index (κ2) is 7.01. The van der Waals surface area contributed by atoms with Gasteiger partial charge in [0.05, 0.1) is 6.42 Å². The molecule has 0 aliphatic heterocycles. The Bertz CT molecular complexity index is 1060. The lowest BCUT2D eigenvalue weighted by Gasteiger charge is -2.07. The minimum atomic E-state index is -0.377. The summed E-state index contributed by atoms with van der Waals surface area (Å²) in [6.07, 6.45) is 1.73. The summed E-state index contributed by atoms with van der Waals surface area (Å²) in [7, 11) is 0. The number of aromatic nitrogens is 2. The lowest BCUT2D eigenvalue weighted by Crippen LogP contribution is -2.15. The van der Waals surface area contributed by atoms with Crippen LogP contribution in [0.5, 0.6) is 0 Å². The molecule has 0 bridgehead atoms. The van der Waals surface area contributed by atoms with Crippen molar-refractivity contribution in [1.29, 1.82) is 0 Å². The van der Waals surface area contributed by atoms with Crippen LogP contribution in [0.4, 0.5) is 10.1 Å². The van der Waals surface area contributed by atoms with Crippen LogP contribution in [0.2, 0.25) is 0 Å². The van der Waals surface area contributed by atoms with Crippen molar-refractivity contribution >= 4 is 33.3 Å². The van der Waals surface area contributed by atoms with Crippen molar-refractivity contribution in [2.75, 3.05) is 5.32 Å². The first-order chi connectivity index (χ1) is 12.7. The molecule has 4 rings (SSSR count). The number of rotatable bonds is 4.